The standard InChI is InChI=1S/C14H20F3NOS/c1-3-6-18-8-11-4-5-12(20-10(2)9-19)7-13(11)14(15,16)17/h4-5,7,10,18-19H,3,6,8-9H2,1-2H3. The van der Waals surface area contributed by atoms with Crippen molar-refractivity contribution in [1.82, 2.24) is 5.32 Å². The van der Waals surface area contributed by atoms with E-state index in [-0.39, 0.29) is 24.0 Å². The van der Waals surface area contributed by atoms with Crippen molar-refractivity contribution < 1.29 is 18.3 Å². The van der Waals surface area contributed by atoms with Crippen molar-refractivity contribution in [2.24, 2.45) is 0 Å². The molecule has 1 unspecified atom stereocenters. The van der Waals surface area contributed by atoms with Crippen molar-refractivity contribution in [1.29, 1.82) is 0 Å². The average Bonchev–Trinajstić information content (AvgIpc) is 2.39. The highest BCUT2D eigenvalue weighted by Gasteiger charge is 2.33. The molecule has 0 radical (unpaired) electrons. The SMILES string of the molecule is CCCNCc1ccc(SC(C)CO)cc1C(F)(F)F. The highest BCUT2D eigenvalue weighted by atomic mass is 32.2. The average molecular weight is 307 g/mol. The molecule has 0 spiro atoms. The number of rotatable bonds is 7. The van der Waals surface area contributed by atoms with Gasteiger partial charge in [-0.25, -0.2) is 0 Å². The Morgan fingerprint density at radius 1 is 1.35 bits per heavy atom. The molecule has 0 fully saturated rings. The number of hydrogen-bond donors (Lipinski definition) is 2. The molecule has 0 aliphatic heterocycles. The summed E-state index contributed by atoms with van der Waals surface area (Å²) in [6.45, 7) is 4.58. The molecule has 1 aromatic carbocycles. The van der Waals surface area contributed by atoms with Crippen LogP contribution in [0.1, 0.15) is 31.4 Å². The lowest BCUT2D eigenvalue weighted by molar-refractivity contribution is -0.138. The predicted molar refractivity (Wildman–Crippen MR) is 75.8 cm³/mol. The molecule has 1 rings (SSSR count). The second-order valence-electron chi connectivity index (χ2n) is 4.60. The van der Waals surface area contributed by atoms with Crippen LogP contribution in [0.4, 0.5) is 13.2 Å². The lowest BCUT2D eigenvalue weighted by atomic mass is 10.1. The van der Waals surface area contributed by atoms with Gasteiger partial charge >= 0.3 is 6.18 Å². The number of alkyl halides is 3. The first-order valence-corrected chi connectivity index (χ1v) is 7.44. The van der Waals surface area contributed by atoms with Crippen molar-refractivity contribution >= 4 is 11.8 Å². The van der Waals surface area contributed by atoms with Crippen LogP contribution in [0.25, 0.3) is 0 Å². The maximum Gasteiger partial charge on any atom is 0.416 e. The smallest absolute Gasteiger partial charge is 0.395 e. The molecule has 0 heterocycles. The van der Waals surface area contributed by atoms with Gasteiger partial charge in [-0.05, 0) is 30.7 Å². The molecule has 2 nitrogen and oxygen atoms in total. The molecule has 6 heteroatoms. The molecule has 20 heavy (non-hydrogen) atoms. The number of thioether (sulfide) groups is 1. The molecule has 0 aliphatic rings. The second-order valence-corrected chi connectivity index (χ2v) is 6.12. The minimum absolute atomic E-state index is 0.0637. The largest absolute Gasteiger partial charge is 0.416 e. The van der Waals surface area contributed by atoms with E-state index in [1.807, 2.05) is 6.92 Å². The molecule has 1 aromatic rings. The number of aliphatic hydroxyl groups excluding tert-OH is 1. The van der Waals surface area contributed by atoms with Gasteiger partial charge in [0.2, 0.25) is 0 Å². The molecule has 0 bridgehead atoms. The molecule has 2 N–H and O–H groups in total. The van der Waals surface area contributed by atoms with Gasteiger partial charge in [-0.1, -0.05) is 19.9 Å². The molecule has 0 aromatic heterocycles. The zero-order chi connectivity index (χ0) is 15.2. The lowest BCUT2D eigenvalue weighted by Gasteiger charge is -2.16. The van der Waals surface area contributed by atoms with Crippen LogP contribution >= 0.6 is 11.8 Å². The highest BCUT2D eigenvalue weighted by molar-refractivity contribution is 8.00. The van der Waals surface area contributed by atoms with Crippen molar-refractivity contribution in [3.8, 4) is 0 Å². The van der Waals surface area contributed by atoms with Crippen LogP contribution in [0, 0.1) is 0 Å². The summed E-state index contributed by atoms with van der Waals surface area (Å²) in [4.78, 5) is 0.526. The van der Waals surface area contributed by atoms with E-state index in [2.05, 4.69) is 5.32 Å². The lowest BCUT2D eigenvalue weighted by Crippen LogP contribution is -2.18. The van der Waals surface area contributed by atoms with E-state index in [1.165, 1.54) is 23.9 Å². The Hall–Kier alpha value is -0.720. The second kappa shape index (κ2) is 7.90. The fourth-order valence-electron chi connectivity index (χ4n) is 1.72. The van der Waals surface area contributed by atoms with Crippen LogP contribution in [-0.2, 0) is 12.7 Å². The van der Waals surface area contributed by atoms with Gasteiger partial charge in [-0.2, -0.15) is 13.2 Å². The number of halogens is 3. The van der Waals surface area contributed by atoms with Crippen LogP contribution < -0.4 is 5.32 Å². The Morgan fingerprint density at radius 3 is 2.60 bits per heavy atom. The molecule has 0 saturated heterocycles. The van der Waals surface area contributed by atoms with Gasteiger partial charge in [-0.15, -0.1) is 11.8 Å². The van der Waals surface area contributed by atoms with E-state index in [0.717, 1.165) is 6.42 Å². The summed E-state index contributed by atoms with van der Waals surface area (Å²) < 4.78 is 39.2. The van der Waals surface area contributed by atoms with Gasteiger partial charge in [0.05, 0.1) is 12.2 Å². The summed E-state index contributed by atoms with van der Waals surface area (Å²) in [5.74, 6) is 0. The van der Waals surface area contributed by atoms with E-state index in [1.54, 1.807) is 13.0 Å². The monoisotopic (exact) mass is 307 g/mol. The van der Waals surface area contributed by atoms with Crippen LogP contribution in [-0.4, -0.2) is 23.5 Å². The Kier molecular flexibility index (Phi) is 6.85. The Morgan fingerprint density at radius 2 is 2.05 bits per heavy atom. The van der Waals surface area contributed by atoms with Gasteiger partial charge in [-0.3, -0.25) is 0 Å². The maximum atomic E-state index is 13.1. The first-order valence-electron chi connectivity index (χ1n) is 6.56. The molecular weight excluding hydrogens is 287 g/mol. The summed E-state index contributed by atoms with van der Waals surface area (Å²) in [6, 6.07) is 4.35. The number of hydrogen-bond acceptors (Lipinski definition) is 3. The van der Waals surface area contributed by atoms with Crippen molar-refractivity contribution in [3.05, 3.63) is 29.3 Å². The molecule has 0 amide bonds. The van der Waals surface area contributed by atoms with E-state index in [4.69, 9.17) is 5.11 Å². The number of nitrogens with one attached hydrogen (secondary N) is 1. The van der Waals surface area contributed by atoms with Gasteiger partial charge < -0.3 is 10.4 Å². The predicted octanol–water partition coefficient (Wildman–Crippen LogP) is 3.68. The van der Waals surface area contributed by atoms with Gasteiger partial charge in [0.15, 0.2) is 0 Å². The third-order valence-corrected chi connectivity index (χ3v) is 3.80. The van der Waals surface area contributed by atoms with E-state index in [0.29, 0.717) is 11.4 Å². The third kappa shape index (κ3) is 5.34. The third-order valence-electron chi connectivity index (χ3n) is 2.72. The summed E-state index contributed by atoms with van der Waals surface area (Å²) in [5.41, 5.74) is -0.344. The number of benzene rings is 1. The molecule has 0 saturated carbocycles. The van der Waals surface area contributed by atoms with Gasteiger partial charge in [0.25, 0.3) is 0 Å². The van der Waals surface area contributed by atoms with E-state index < -0.39 is 11.7 Å². The fourth-order valence-corrected chi connectivity index (χ4v) is 2.59. The Labute approximate surface area is 121 Å². The summed E-state index contributed by atoms with van der Waals surface area (Å²) in [5, 5.41) is 11.8. The summed E-state index contributed by atoms with van der Waals surface area (Å²) in [7, 11) is 0. The zero-order valence-electron chi connectivity index (χ0n) is 11.6. The van der Waals surface area contributed by atoms with Gasteiger partial charge in [0.1, 0.15) is 0 Å². The Bertz CT molecular complexity index is 423. The summed E-state index contributed by atoms with van der Waals surface area (Å²) >= 11 is 1.24. The van der Waals surface area contributed by atoms with Crippen LogP contribution in [0.2, 0.25) is 0 Å². The highest BCUT2D eigenvalue weighted by Crippen LogP contribution is 2.35. The topological polar surface area (TPSA) is 32.3 Å². The number of aliphatic hydroxyl groups is 1. The normalized spacial score (nSPS) is 13.5. The molecule has 1 atom stereocenters. The first kappa shape index (κ1) is 17.3. The molecule has 114 valence electrons. The van der Waals surface area contributed by atoms with Crippen molar-refractivity contribution in [2.75, 3.05) is 13.2 Å². The minimum atomic E-state index is -4.36. The van der Waals surface area contributed by atoms with E-state index >= 15 is 0 Å². The van der Waals surface area contributed by atoms with Crippen molar-refractivity contribution in [3.63, 3.8) is 0 Å². The van der Waals surface area contributed by atoms with Gasteiger partial charge in [0, 0.05) is 16.7 Å². The van der Waals surface area contributed by atoms with Crippen LogP contribution in [0.15, 0.2) is 23.1 Å². The van der Waals surface area contributed by atoms with E-state index in [9.17, 15) is 13.2 Å². The Balaban J connectivity index is 2.95. The van der Waals surface area contributed by atoms with Crippen LogP contribution in [0.5, 0.6) is 0 Å². The molecular formula is C14H20F3NOS. The maximum absolute atomic E-state index is 13.1. The van der Waals surface area contributed by atoms with Crippen LogP contribution in [0.3, 0.4) is 0 Å². The zero-order valence-corrected chi connectivity index (χ0v) is 12.4. The first-order chi connectivity index (χ1) is 9.38. The molecule has 0 aliphatic carbocycles. The van der Waals surface area contributed by atoms with Crippen molar-refractivity contribution in [2.45, 2.75) is 43.1 Å². The quantitative estimate of drug-likeness (QED) is 0.595. The summed E-state index contributed by atoms with van der Waals surface area (Å²) in [6.07, 6.45) is -3.48. The minimum Gasteiger partial charge on any atom is -0.395 e. The fraction of sp³-hybridized carbons (Fsp3) is 0.571.